The van der Waals surface area contributed by atoms with Crippen molar-refractivity contribution in [3.8, 4) is 11.3 Å². The van der Waals surface area contributed by atoms with Gasteiger partial charge in [-0.05, 0) is 19.1 Å². The molecular formula is C13H14N2O3S. The molecule has 0 aliphatic heterocycles. The lowest BCUT2D eigenvalue weighted by molar-refractivity contribution is 0.131. The number of aliphatic hydroxyl groups excluding tert-OH is 1. The van der Waals surface area contributed by atoms with E-state index in [-0.39, 0.29) is 13.2 Å². The van der Waals surface area contributed by atoms with E-state index in [0.717, 1.165) is 16.3 Å². The molecule has 0 aliphatic carbocycles. The second-order valence-corrected chi connectivity index (χ2v) is 4.88. The number of rotatable bonds is 4. The van der Waals surface area contributed by atoms with Crippen molar-refractivity contribution in [2.24, 2.45) is 0 Å². The highest BCUT2D eigenvalue weighted by molar-refractivity contribution is 7.09. The smallest absolute Gasteiger partial charge is 0.411 e. The predicted octanol–water partition coefficient (Wildman–Crippen LogP) is 2.66. The van der Waals surface area contributed by atoms with Gasteiger partial charge >= 0.3 is 6.09 Å². The fourth-order valence-corrected chi connectivity index (χ4v) is 2.17. The number of thiazole rings is 1. The number of nitrogens with one attached hydrogen (secondary N) is 1. The van der Waals surface area contributed by atoms with Gasteiger partial charge in [0.1, 0.15) is 6.61 Å². The Kier molecular flexibility index (Phi) is 4.48. The summed E-state index contributed by atoms with van der Waals surface area (Å²) in [5.74, 6) is 0. The quantitative estimate of drug-likeness (QED) is 0.902. The van der Waals surface area contributed by atoms with Crippen molar-refractivity contribution in [2.75, 3.05) is 18.5 Å². The zero-order valence-corrected chi connectivity index (χ0v) is 11.2. The summed E-state index contributed by atoms with van der Waals surface area (Å²) in [6.07, 6.45) is -0.583. The summed E-state index contributed by atoms with van der Waals surface area (Å²) < 4.78 is 4.73. The third kappa shape index (κ3) is 3.77. The molecule has 0 saturated carbocycles. The number of ether oxygens (including phenoxy) is 1. The highest BCUT2D eigenvalue weighted by Gasteiger charge is 2.06. The van der Waals surface area contributed by atoms with Crippen LogP contribution in [-0.4, -0.2) is 29.4 Å². The second kappa shape index (κ2) is 6.31. The van der Waals surface area contributed by atoms with Gasteiger partial charge in [0, 0.05) is 16.6 Å². The number of hydrogen-bond acceptors (Lipinski definition) is 5. The maximum atomic E-state index is 11.4. The average Bonchev–Trinajstić information content (AvgIpc) is 2.83. The molecule has 0 unspecified atom stereocenters. The number of carbonyl (C=O) groups excluding carboxylic acids is 1. The molecule has 5 nitrogen and oxygen atoms in total. The molecule has 2 N–H and O–H groups in total. The minimum Gasteiger partial charge on any atom is -0.447 e. The molecule has 0 fully saturated rings. The molecule has 0 spiro atoms. The Morgan fingerprint density at radius 1 is 1.53 bits per heavy atom. The molecule has 0 radical (unpaired) electrons. The van der Waals surface area contributed by atoms with Crippen molar-refractivity contribution in [1.82, 2.24) is 4.98 Å². The molecule has 0 bridgehead atoms. The van der Waals surface area contributed by atoms with Crippen molar-refractivity contribution in [3.05, 3.63) is 34.7 Å². The van der Waals surface area contributed by atoms with Gasteiger partial charge in [-0.15, -0.1) is 11.3 Å². The van der Waals surface area contributed by atoms with Crippen LogP contribution < -0.4 is 5.32 Å². The Morgan fingerprint density at radius 2 is 2.37 bits per heavy atom. The number of aryl methyl sites for hydroxylation is 1. The number of hydrogen-bond donors (Lipinski definition) is 2. The van der Waals surface area contributed by atoms with Crippen LogP contribution in [0, 0.1) is 6.92 Å². The van der Waals surface area contributed by atoms with E-state index in [1.54, 1.807) is 17.4 Å². The Balaban J connectivity index is 2.09. The zero-order chi connectivity index (χ0) is 13.7. The normalized spacial score (nSPS) is 10.2. The van der Waals surface area contributed by atoms with Crippen molar-refractivity contribution in [3.63, 3.8) is 0 Å². The number of nitrogens with zero attached hydrogens (tertiary/aromatic N) is 1. The lowest BCUT2D eigenvalue weighted by Crippen LogP contribution is -2.15. The largest absolute Gasteiger partial charge is 0.447 e. The van der Waals surface area contributed by atoms with Crippen LogP contribution in [-0.2, 0) is 4.74 Å². The van der Waals surface area contributed by atoms with Gasteiger partial charge in [0.2, 0.25) is 0 Å². The monoisotopic (exact) mass is 278 g/mol. The van der Waals surface area contributed by atoms with Crippen LogP contribution in [0.2, 0.25) is 0 Å². The van der Waals surface area contributed by atoms with E-state index in [4.69, 9.17) is 9.84 Å². The third-order valence-electron chi connectivity index (χ3n) is 2.35. The SMILES string of the molecule is Cc1nc(-c2cccc(NC(=O)OCCO)c2)cs1. The lowest BCUT2D eigenvalue weighted by atomic mass is 10.1. The Morgan fingerprint density at radius 3 is 3.05 bits per heavy atom. The molecule has 100 valence electrons. The number of aliphatic hydroxyl groups is 1. The summed E-state index contributed by atoms with van der Waals surface area (Å²) in [6, 6.07) is 7.36. The fraction of sp³-hybridized carbons (Fsp3) is 0.231. The molecule has 2 rings (SSSR count). The van der Waals surface area contributed by atoms with Crippen LogP contribution in [0.3, 0.4) is 0 Å². The second-order valence-electron chi connectivity index (χ2n) is 3.82. The molecule has 19 heavy (non-hydrogen) atoms. The van der Waals surface area contributed by atoms with Gasteiger partial charge < -0.3 is 9.84 Å². The third-order valence-corrected chi connectivity index (χ3v) is 3.12. The van der Waals surface area contributed by atoms with E-state index >= 15 is 0 Å². The van der Waals surface area contributed by atoms with E-state index in [2.05, 4.69) is 10.3 Å². The van der Waals surface area contributed by atoms with Crippen molar-refractivity contribution < 1.29 is 14.6 Å². The summed E-state index contributed by atoms with van der Waals surface area (Å²) in [4.78, 5) is 15.8. The van der Waals surface area contributed by atoms with Crippen LogP contribution in [0.25, 0.3) is 11.3 Å². The topological polar surface area (TPSA) is 71.5 Å². The molecule has 1 aromatic carbocycles. The number of amides is 1. The molecule has 1 heterocycles. The van der Waals surface area contributed by atoms with Crippen LogP contribution in [0.4, 0.5) is 10.5 Å². The standard InChI is InChI=1S/C13H14N2O3S/c1-9-14-12(8-19-9)10-3-2-4-11(7-10)15-13(17)18-6-5-16/h2-4,7-8,16H,5-6H2,1H3,(H,15,17). The first-order valence-corrected chi connectivity index (χ1v) is 6.64. The van der Waals surface area contributed by atoms with Crippen LogP contribution >= 0.6 is 11.3 Å². The van der Waals surface area contributed by atoms with Gasteiger partial charge in [0.15, 0.2) is 0 Å². The van der Waals surface area contributed by atoms with Gasteiger partial charge in [-0.1, -0.05) is 12.1 Å². The minimum absolute atomic E-state index is 0.0171. The van der Waals surface area contributed by atoms with Gasteiger partial charge in [0.05, 0.1) is 17.3 Å². The first-order chi connectivity index (χ1) is 9.19. The minimum atomic E-state index is -0.583. The van der Waals surface area contributed by atoms with E-state index in [9.17, 15) is 4.79 Å². The number of anilines is 1. The van der Waals surface area contributed by atoms with E-state index in [0.29, 0.717) is 5.69 Å². The highest BCUT2D eigenvalue weighted by atomic mass is 32.1. The molecule has 6 heteroatoms. The predicted molar refractivity (Wildman–Crippen MR) is 74.3 cm³/mol. The van der Waals surface area contributed by atoms with E-state index in [1.807, 2.05) is 30.5 Å². The number of benzene rings is 1. The fourth-order valence-electron chi connectivity index (χ4n) is 1.54. The zero-order valence-electron chi connectivity index (χ0n) is 10.4. The van der Waals surface area contributed by atoms with E-state index in [1.165, 1.54) is 0 Å². The van der Waals surface area contributed by atoms with Gasteiger partial charge in [-0.2, -0.15) is 0 Å². The summed E-state index contributed by atoms with van der Waals surface area (Å²) >= 11 is 1.58. The highest BCUT2D eigenvalue weighted by Crippen LogP contribution is 2.24. The van der Waals surface area contributed by atoms with E-state index < -0.39 is 6.09 Å². The summed E-state index contributed by atoms with van der Waals surface area (Å²) in [5, 5.41) is 14.1. The molecule has 1 amide bonds. The maximum absolute atomic E-state index is 11.4. The lowest BCUT2D eigenvalue weighted by Gasteiger charge is -2.06. The average molecular weight is 278 g/mol. The molecule has 1 aromatic heterocycles. The Labute approximate surface area is 114 Å². The van der Waals surface area contributed by atoms with Gasteiger partial charge in [-0.3, -0.25) is 5.32 Å². The summed E-state index contributed by atoms with van der Waals surface area (Å²) in [6.45, 7) is 1.74. The summed E-state index contributed by atoms with van der Waals surface area (Å²) in [7, 11) is 0. The molecule has 0 saturated heterocycles. The Bertz CT molecular complexity index is 569. The van der Waals surface area contributed by atoms with Crippen LogP contribution in [0.1, 0.15) is 5.01 Å². The van der Waals surface area contributed by atoms with Crippen molar-refractivity contribution in [1.29, 1.82) is 0 Å². The number of carbonyl (C=O) groups is 1. The van der Waals surface area contributed by atoms with Crippen molar-refractivity contribution >= 4 is 23.1 Å². The Hall–Kier alpha value is -1.92. The van der Waals surface area contributed by atoms with Crippen LogP contribution in [0.5, 0.6) is 0 Å². The maximum Gasteiger partial charge on any atom is 0.411 e. The number of aromatic nitrogens is 1. The first-order valence-electron chi connectivity index (χ1n) is 5.76. The molecule has 0 aliphatic rings. The molecule has 0 atom stereocenters. The van der Waals surface area contributed by atoms with Crippen LogP contribution in [0.15, 0.2) is 29.6 Å². The van der Waals surface area contributed by atoms with Gasteiger partial charge in [0.25, 0.3) is 0 Å². The molecule has 2 aromatic rings. The molecular weight excluding hydrogens is 264 g/mol. The van der Waals surface area contributed by atoms with Gasteiger partial charge in [-0.25, -0.2) is 9.78 Å². The first kappa shape index (κ1) is 13.5. The van der Waals surface area contributed by atoms with Crippen molar-refractivity contribution in [2.45, 2.75) is 6.92 Å². The summed E-state index contributed by atoms with van der Waals surface area (Å²) in [5.41, 5.74) is 2.45.